The summed E-state index contributed by atoms with van der Waals surface area (Å²) < 4.78 is 0. The number of carbonyl (C=O) groups excluding carboxylic acids is 1. The molecule has 4 aliphatic rings. The van der Waals surface area contributed by atoms with E-state index in [4.69, 9.17) is 5.11 Å². The summed E-state index contributed by atoms with van der Waals surface area (Å²) in [7, 11) is 0. The van der Waals surface area contributed by atoms with Crippen LogP contribution >= 0.6 is 0 Å². The number of carbonyl (C=O) groups is 2. The van der Waals surface area contributed by atoms with Gasteiger partial charge in [0.1, 0.15) is 6.54 Å². The number of carboxylic acid groups (broad SMARTS) is 1. The molecule has 1 atom stereocenters. The molecule has 0 aromatic heterocycles. The number of hydrogen-bond acceptors (Lipinski definition) is 3. The Kier molecular flexibility index (Phi) is 3.35. The average molecular weight is 267 g/mol. The lowest BCUT2D eigenvalue weighted by molar-refractivity contribution is -0.137. The summed E-state index contributed by atoms with van der Waals surface area (Å²) in [6, 6.07) is 0.144. The van der Waals surface area contributed by atoms with Gasteiger partial charge in [0.05, 0.1) is 0 Å². The summed E-state index contributed by atoms with van der Waals surface area (Å²) in [5.41, 5.74) is 0. The second-order valence-corrected chi connectivity index (χ2v) is 5.95. The van der Waals surface area contributed by atoms with Gasteiger partial charge in [0, 0.05) is 18.6 Å². The maximum atomic E-state index is 12.2. The molecule has 6 nitrogen and oxygen atoms in total. The quantitative estimate of drug-likeness (QED) is 0.770. The van der Waals surface area contributed by atoms with Crippen LogP contribution in [0.15, 0.2) is 0 Å². The highest BCUT2D eigenvalue weighted by atomic mass is 16.4. The molecule has 0 radical (unpaired) electrons. The monoisotopic (exact) mass is 267 g/mol. The van der Waals surface area contributed by atoms with E-state index >= 15 is 0 Å². The Hall–Kier alpha value is -1.30. The molecule has 4 rings (SSSR count). The van der Waals surface area contributed by atoms with Crippen LogP contribution in [0.4, 0.5) is 4.79 Å². The molecule has 6 heteroatoms. The van der Waals surface area contributed by atoms with Gasteiger partial charge in [-0.1, -0.05) is 0 Å². The highest BCUT2D eigenvalue weighted by Gasteiger charge is 2.38. The SMILES string of the molecule is O=C(O)CN(C(=O)NC1CN2CCC1CC2)C1CC1. The lowest BCUT2D eigenvalue weighted by Crippen LogP contribution is -2.59. The normalized spacial score (nSPS) is 32.9. The molecule has 106 valence electrons. The zero-order valence-corrected chi connectivity index (χ0v) is 11.0. The minimum absolute atomic E-state index is 0.136. The second-order valence-electron chi connectivity index (χ2n) is 5.95. The van der Waals surface area contributed by atoms with Gasteiger partial charge in [-0.15, -0.1) is 0 Å². The van der Waals surface area contributed by atoms with Crippen LogP contribution in [-0.4, -0.2) is 65.2 Å². The van der Waals surface area contributed by atoms with Crippen molar-refractivity contribution in [3.05, 3.63) is 0 Å². The third kappa shape index (κ3) is 2.83. The number of rotatable bonds is 4. The molecule has 3 saturated heterocycles. The standard InChI is InChI=1S/C13H21N3O3/c17-12(18)8-16(10-1-2-10)13(19)14-11-7-15-5-3-9(11)4-6-15/h9-11H,1-8H2,(H,14,19)(H,17,18). The van der Waals surface area contributed by atoms with Crippen LogP contribution in [0.3, 0.4) is 0 Å². The van der Waals surface area contributed by atoms with Gasteiger partial charge in [-0.05, 0) is 44.7 Å². The Morgan fingerprint density at radius 2 is 1.89 bits per heavy atom. The number of nitrogens with one attached hydrogen (secondary N) is 1. The number of fused-ring (bicyclic) bond motifs is 3. The van der Waals surface area contributed by atoms with E-state index in [1.54, 1.807) is 0 Å². The molecule has 1 saturated carbocycles. The van der Waals surface area contributed by atoms with E-state index in [0.717, 1.165) is 45.3 Å². The fraction of sp³-hybridized carbons (Fsp3) is 0.846. The fourth-order valence-corrected chi connectivity index (χ4v) is 3.27. The Bertz CT molecular complexity index is 375. The van der Waals surface area contributed by atoms with Crippen molar-refractivity contribution in [1.29, 1.82) is 0 Å². The molecule has 1 unspecified atom stereocenters. The fourth-order valence-electron chi connectivity index (χ4n) is 3.27. The van der Waals surface area contributed by atoms with Gasteiger partial charge in [-0.25, -0.2) is 4.79 Å². The van der Waals surface area contributed by atoms with E-state index < -0.39 is 5.97 Å². The van der Waals surface area contributed by atoms with Gasteiger partial charge in [-0.2, -0.15) is 0 Å². The lowest BCUT2D eigenvalue weighted by Gasteiger charge is -2.45. The predicted octanol–water partition coefficient (Wildman–Crippen LogP) is 0.339. The Morgan fingerprint density at radius 1 is 1.21 bits per heavy atom. The summed E-state index contributed by atoms with van der Waals surface area (Å²) in [5, 5.41) is 11.9. The number of hydrogen-bond donors (Lipinski definition) is 2. The summed E-state index contributed by atoms with van der Waals surface area (Å²) in [5.74, 6) is -0.365. The van der Waals surface area contributed by atoms with E-state index in [9.17, 15) is 9.59 Å². The first-order valence-electron chi connectivity index (χ1n) is 7.15. The van der Waals surface area contributed by atoms with Gasteiger partial charge in [-0.3, -0.25) is 4.79 Å². The van der Waals surface area contributed by atoms with Crippen molar-refractivity contribution in [2.45, 2.75) is 37.8 Å². The average Bonchev–Trinajstić information content (AvgIpc) is 3.21. The van der Waals surface area contributed by atoms with Crippen LogP contribution < -0.4 is 5.32 Å². The minimum atomic E-state index is -0.934. The first kappa shape index (κ1) is 12.7. The van der Waals surface area contributed by atoms with E-state index in [1.807, 2.05) is 0 Å². The molecule has 3 heterocycles. The first-order chi connectivity index (χ1) is 9.13. The first-order valence-corrected chi connectivity index (χ1v) is 7.15. The Labute approximate surface area is 112 Å². The molecular weight excluding hydrogens is 246 g/mol. The van der Waals surface area contributed by atoms with Crippen molar-refractivity contribution in [3.8, 4) is 0 Å². The lowest BCUT2D eigenvalue weighted by atomic mass is 9.84. The molecule has 0 aromatic carbocycles. The summed E-state index contributed by atoms with van der Waals surface area (Å²) in [6.45, 7) is 3.01. The van der Waals surface area contributed by atoms with Crippen molar-refractivity contribution in [3.63, 3.8) is 0 Å². The molecule has 2 bridgehead atoms. The summed E-state index contributed by atoms with van der Waals surface area (Å²) in [4.78, 5) is 26.9. The van der Waals surface area contributed by atoms with Crippen molar-refractivity contribution in [1.82, 2.24) is 15.1 Å². The topological polar surface area (TPSA) is 72.9 Å². The molecule has 19 heavy (non-hydrogen) atoms. The molecule has 2 amide bonds. The highest BCUT2D eigenvalue weighted by molar-refractivity contribution is 5.81. The van der Waals surface area contributed by atoms with Gasteiger partial charge >= 0.3 is 12.0 Å². The number of aliphatic carboxylic acids is 1. The molecule has 1 aliphatic carbocycles. The van der Waals surface area contributed by atoms with Crippen molar-refractivity contribution < 1.29 is 14.7 Å². The van der Waals surface area contributed by atoms with Crippen molar-refractivity contribution >= 4 is 12.0 Å². The molecule has 3 aliphatic heterocycles. The van der Waals surface area contributed by atoms with Crippen molar-refractivity contribution in [2.24, 2.45) is 5.92 Å². The van der Waals surface area contributed by atoms with E-state index in [1.165, 1.54) is 4.90 Å². The molecular formula is C13H21N3O3. The number of urea groups is 1. The highest BCUT2D eigenvalue weighted by Crippen LogP contribution is 2.29. The molecule has 2 N–H and O–H groups in total. The van der Waals surface area contributed by atoms with Gasteiger partial charge in [0.15, 0.2) is 0 Å². The van der Waals surface area contributed by atoms with E-state index in [2.05, 4.69) is 10.2 Å². The zero-order valence-electron chi connectivity index (χ0n) is 11.0. The predicted molar refractivity (Wildman–Crippen MR) is 68.8 cm³/mol. The molecule has 4 fully saturated rings. The third-order valence-corrected chi connectivity index (χ3v) is 4.52. The molecule has 0 aromatic rings. The van der Waals surface area contributed by atoms with Crippen LogP contribution in [-0.2, 0) is 4.79 Å². The van der Waals surface area contributed by atoms with Crippen LogP contribution in [0.5, 0.6) is 0 Å². The van der Waals surface area contributed by atoms with Crippen LogP contribution in [0.2, 0.25) is 0 Å². The van der Waals surface area contributed by atoms with E-state index in [0.29, 0.717) is 5.92 Å². The van der Waals surface area contributed by atoms with Gasteiger partial charge in [0.25, 0.3) is 0 Å². The molecule has 0 spiro atoms. The third-order valence-electron chi connectivity index (χ3n) is 4.52. The largest absolute Gasteiger partial charge is 0.480 e. The Balaban J connectivity index is 1.58. The van der Waals surface area contributed by atoms with Crippen LogP contribution in [0.25, 0.3) is 0 Å². The summed E-state index contributed by atoms with van der Waals surface area (Å²) in [6.07, 6.45) is 4.16. The van der Waals surface area contributed by atoms with Crippen molar-refractivity contribution in [2.75, 3.05) is 26.2 Å². The smallest absolute Gasteiger partial charge is 0.323 e. The second kappa shape index (κ2) is 5.00. The van der Waals surface area contributed by atoms with Crippen LogP contribution in [0, 0.1) is 5.92 Å². The number of amides is 2. The Morgan fingerprint density at radius 3 is 2.37 bits per heavy atom. The number of carboxylic acids is 1. The number of piperidine rings is 3. The number of nitrogens with zero attached hydrogens (tertiary/aromatic N) is 2. The minimum Gasteiger partial charge on any atom is -0.480 e. The van der Waals surface area contributed by atoms with Gasteiger partial charge in [0.2, 0.25) is 0 Å². The van der Waals surface area contributed by atoms with Crippen LogP contribution in [0.1, 0.15) is 25.7 Å². The maximum absolute atomic E-state index is 12.2. The van der Waals surface area contributed by atoms with Gasteiger partial charge < -0.3 is 20.2 Å². The maximum Gasteiger partial charge on any atom is 0.323 e. The summed E-state index contributed by atoms with van der Waals surface area (Å²) >= 11 is 0. The zero-order chi connectivity index (χ0) is 13.4. The van der Waals surface area contributed by atoms with E-state index in [-0.39, 0.29) is 24.7 Å².